The van der Waals surface area contributed by atoms with E-state index in [2.05, 4.69) is 4.98 Å². The molecule has 0 N–H and O–H groups in total. The topological polar surface area (TPSA) is 62.7 Å². The predicted octanol–water partition coefficient (Wildman–Crippen LogP) is 1.96. The van der Waals surface area contributed by atoms with Crippen molar-refractivity contribution in [3.05, 3.63) is 30.1 Å². The lowest BCUT2D eigenvalue weighted by Gasteiger charge is -2.40. The second-order valence-electron chi connectivity index (χ2n) is 7.93. The summed E-state index contributed by atoms with van der Waals surface area (Å²) < 4.78 is 5.37. The minimum Gasteiger partial charge on any atom is -0.381 e. The van der Waals surface area contributed by atoms with Crippen LogP contribution in [-0.4, -0.2) is 66.0 Å². The molecule has 6 nitrogen and oxygen atoms in total. The van der Waals surface area contributed by atoms with Crippen molar-refractivity contribution in [3.63, 3.8) is 0 Å². The van der Waals surface area contributed by atoms with Crippen molar-refractivity contribution in [2.24, 2.45) is 11.3 Å². The van der Waals surface area contributed by atoms with E-state index in [-0.39, 0.29) is 17.2 Å². The molecule has 3 saturated heterocycles. The van der Waals surface area contributed by atoms with Gasteiger partial charge in [0.1, 0.15) is 0 Å². The smallest absolute Gasteiger partial charge is 0.255 e. The molecule has 0 bridgehead atoms. The molecule has 0 aliphatic carbocycles. The van der Waals surface area contributed by atoms with E-state index < -0.39 is 0 Å². The van der Waals surface area contributed by atoms with Crippen molar-refractivity contribution >= 4 is 11.8 Å². The molecule has 1 aromatic heterocycles. The van der Waals surface area contributed by atoms with E-state index in [0.717, 1.165) is 58.3 Å². The van der Waals surface area contributed by atoms with Crippen LogP contribution in [0, 0.1) is 11.3 Å². The number of hydrogen-bond acceptors (Lipinski definition) is 4. The van der Waals surface area contributed by atoms with Gasteiger partial charge in [-0.3, -0.25) is 14.6 Å². The second kappa shape index (κ2) is 7.35. The average molecular weight is 357 g/mol. The molecule has 1 spiro atoms. The van der Waals surface area contributed by atoms with Gasteiger partial charge in [-0.1, -0.05) is 0 Å². The van der Waals surface area contributed by atoms with Gasteiger partial charge < -0.3 is 14.5 Å². The van der Waals surface area contributed by atoms with Gasteiger partial charge in [0.15, 0.2) is 0 Å². The molecule has 4 heterocycles. The zero-order valence-corrected chi connectivity index (χ0v) is 15.2. The van der Waals surface area contributed by atoms with Crippen molar-refractivity contribution in [1.82, 2.24) is 14.8 Å². The fraction of sp³-hybridized carbons (Fsp3) is 0.650. The summed E-state index contributed by atoms with van der Waals surface area (Å²) in [7, 11) is 0. The van der Waals surface area contributed by atoms with E-state index in [4.69, 9.17) is 4.74 Å². The zero-order chi connectivity index (χ0) is 18.0. The van der Waals surface area contributed by atoms with Gasteiger partial charge in [0.05, 0.1) is 5.56 Å². The number of nitrogens with zero attached hydrogens (tertiary/aromatic N) is 3. The number of pyridine rings is 1. The molecule has 3 fully saturated rings. The fourth-order valence-corrected chi connectivity index (χ4v) is 4.59. The lowest BCUT2D eigenvalue weighted by Crippen LogP contribution is -2.47. The summed E-state index contributed by atoms with van der Waals surface area (Å²) >= 11 is 0. The molecule has 0 radical (unpaired) electrons. The van der Waals surface area contributed by atoms with Crippen molar-refractivity contribution in [1.29, 1.82) is 0 Å². The van der Waals surface area contributed by atoms with Crippen LogP contribution in [0.25, 0.3) is 0 Å². The Labute approximate surface area is 154 Å². The average Bonchev–Trinajstić information content (AvgIpc) is 3.12. The van der Waals surface area contributed by atoms with E-state index in [0.29, 0.717) is 24.7 Å². The van der Waals surface area contributed by atoms with Gasteiger partial charge in [0, 0.05) is 57.7 Å². The van der Waals surface area contributed by atoms with Crippen molar-refractivity contribution < 1.29 is 14.3 Å². The van der Waals surface area contributed by atoms with Gasteiger partial charge in [0.2, 0.25) is 5.91 Å². The van der Waals surface area contributed by atoms with Crippen LogP contribution in [0.1, 0.15) is 42.5 Å². The van der Waals surface area contributed by atoms with Crippen LogP contribution in [-0.2, 0) is 9.53 Å². The highest BCUT2D eigenvalue weighted by Gasteiger charge is 2.43. The summed E-state index contributed by atoms with van der Waals surface area (Å²) in [4.78, 5) is 33.4. The van der Waals surface area contributed by atoms with Crippen molar-refractivity contribution in [3.8, 4) is 0 Å². The Bertz CT molecular complexity index is 650. The first-order chi connectivity index (χ1) is 12.7. The normalized spacial score (nSPS) is 23.4. The SMILES string of the molecule is O=C(c1cccnc1)N1CCC2(CCN(C(=O)C3CCOCC3)CC2)C1. The Morgan fingerprint density at radius 3 is 2.42 bits per heavy atom. The molecule has 6 heteroatoms. The quantitative estimate of drug-likeness (QED) is 0.812. The van der Waals surface area contributed by atoms with Gasteiger partial charge in [-0.05, 0) is 49.7 Å². The lowest BCUT2D eigenvalue weighted by molar-refractivity contribution is -0.140. The third-order valence-corrected chi connectivity index (χ3v) is 6.34. The summed E-state index contributed by atoms with van der Waals surface area (Å²) in [6.07, 6.45) is 8.08. The highest BCUT2D eigenvalue weighted by atomic mass is 16.5. The van der Waals surface area contributed by atoms with E-state index >= 15 is 0 Å². The van der Waals surface area contributed by atoms with Gasteiger partial charge in [-0.2, -0.15) is 0 Å². The molecule has 0 aromatic carbocycles. The summed E-state index contributed by atoms with van der Waals surface area (Å²) in [5, 5.41) is 0. The first kappa shape index (κ1) is 17.5. The molecular formula is C20H27N3O3. The minimum absolute atomic E-state index is 0.0793. The molecule has 2 amide bonds. The second-order valence-corrected chi connectivity index (χ2v) is 7.93. The van der Waals surface area contributed by atoms with Crippen LogP contribution in [0.5, 0.6) is 0 Å². The van der Waals surface area contributed by atoms with Crippen LogP contribution in [0.4, 0.5) is 0 Å². The molecule has 26 heavy (non-hydrogen) atoms. The fourth-order valence-electron chi connectivity index (χ4n) is 4.59. The number of rotatable bonds is 2. The first-order valence-electron chi connectivity index (χ1n) is 9.73. The van der Waals surface area contributed by atoms with Crippen LogP contribution < -0.4 is 0 Å². The maximum atomic E-state index is 12.7. The van der Waals surface area contributed by atoms with Gasteiger partial charge in [0.25, 0.3) is 5.91 Å². The number of hydrogen-bond donors (Lipinski definition) is 0. The minimum atomic E-state index is 0.0793. The monoisotopic (exact) mass is 357 g/mol. The largest absolute Gasteiger partial charge is 0.381 e. The number of likely N-dealkylation sites (tertiary alicyclic amines) is 2. The van der Waals surface area contributed by atoms with Crippen molar-refractivity contribution in [2.75, 3.05) is 39.4 Å². The van der Waals surface area contributed by atoms with Gasteiger partial charge >= 0.3 is 0 Å². The molecule has 3 aliphatic heterocycles. The number of carbonyl (C=O) groups excluding carboxylic acids is 2. The molecule has 0 atom stereocenters. The standard InChI is InChI=1S/C20H27N3O3/c24-18(16-3-12-26-13-4-16)22-9-5-20(6-10-22)7-11-23(15-20)19(25)17-2-1-8-21-14-17/h1-2,8,14,16H,3-7,9-13,15H2. The molecule has 1 aromatic rings. The Morgan fingerprint density at radius 2 is 1.77 bits per heavy atom. The Balaban J connectivity index is 1.33. The number of aromatic nitrogens is 1. The van der Waals surface area contributed by atoms with Crippen LogP contribution in [0.3, 0.4) is 0 Å². The highest BCUT2D eigenvalue weighted by Crippen LogP contribution is 2.41. The number of ether oxygens (including phenoxy) is 1. The summed E-state index contributed by atoms with van der Waals surface area (Å²) in [6.45, 7) is 4.68. The van der Waals surface area contributed by atoms with E-state index in [9.17, 15) is 9.59 Å². The molecule has 4 rings (SSSR count). The third-order valence-electron chi connectivity index (χ3n) is 6.34. The Morgan fingerprint density at radius 1 is 1.08 bits per heavy atom. The summed E-state index contributed by atoms with van der Waals surface area (Å²) in [5.41, 5.74) is 0.848. The third kappa shape index (κ3) is 3.47. The molecule has 140 valence electrons. The van der Waals surface area contributed by atoms with Crippen LogP contribution >= 0.6 is 0 Å². The molecule has 0 unspecified atom stereocenters. The van der Waals surface area contributed by atoms with E-state index in [1.165, 1.54) is 0 Å². The highest BCUT2D eigenvalue weighted by molar-refractivity contribution is 5.94. The number of amides is 2. The number of piperidine rings is 1. The van der Waals surface area contributed by atoms with Crippen LogP contribution in [0.15, 0.2) is 24.5 Å². The molecular weight excluding hydrogens is 330 g/mol. The zero-order valence-electron chi connectivity index (χ0n) is 15.2. The molecule has 0 saturated carbocycles. The summed E-state index contributed by atoms with van der Waals surface area (Å²) in [5.74, 6) is 0.533. The van der Waals surface area contributed by atoms with Gasteiger partial charge in [-0.15, -0.1) is 0 Å². The van der Waals surface area contributed by atoms with Crippen LogP contribution in [0.2, 0.25) is 0 Å². The van der Waals surface area contributed by atoms with Crippen molar-refractivity contribution in [2.45, 2.75) is 32.1 Å². The molecule has 3 aliphatic rings. The maximum Gasteiger partial charge on any atom is 0.255 e. The lowest BCUT2D eigenvalue weighted by atomic mass is 9.77. The predicted molar refractivity (Wildman–Crippen MR) is 96.5 cm³/mol. The van der Waals surface area contributed by atoms with Gasteiger partial charge in [-0.25, -0.2) is 0 Å². The first-order valence-corrected chi connectivity index (χ1v) is 9.73. The maximum absolute atomic E-state index is 12.7. The number of carbonyl (C=O) groups is 2. The van der Waals surface area contributed by atoms with E-state index in [1.807, 2.05) is 15.9 Å². The Hall–Kier alpha value is -1.95. The van der Waals surface area contributed by atoms with E-state index in [1.54, 1.807) is 18.5 Å². The Kier molecular flexibility index (Phi) is 4.94. The summed E-state index contributed by atoms with van der Waals surface area (Å²) in [6, 6.07) is 3.63.